The van der Waals surface area contributed by atoms with E-state index >= 15 is 0 Å². The Morgan fingerprint density at radius 2 is 2.06 bits per heavy atom. The average molecular weight is 220 g/mol. The van der Waals surface area contributed by atoms with Crippen LogP contribution in [0.5, 0.6) is 0 Å². The zero-order chi connectivity index (χ0) is 11.8. The van der Waals surface area contributed by atoms with E-state index in [1.54, 1.807) is 0 Å². The summed E-state index contributed by atoms with van der Waals surface area (Å²) < 4.78 is 0. The molecule has 16 heavy (non-hydrogen) atoms. The highest BCUT2D eigenvalue weighted by molar-refractivity contribution is 5.75. The largest absolute Gasteiger partial charge is 0.356 e. The molecule has 3 heteroatoms. The minimum Gasteiger partial charge on any atom is -0.356 e. The maximum Gasteiger partial charge on any atom is 0.219 e. The molecule has 1 rings (SSSR count). The first-order valence-electron chi connectivity index (χ1n) is 5.81. The second kappa shape index (κ2) is 7.01. The van der Waals surface area contributed by atoms with Crippen LogP contribution in [0.15, 0.2) is 30.3 Å². The van der Waals surface area contributed by atoms with Gasteiger partial charge in [0.15, 0.2) is 0 Å². The van der Waals surface area contributed by atoms with Gasteiger partial charge in [0, 0.05) is 19.0 Å². The van der Waals surface area contributed by atoms with Gasteiger partial charge in [-0.25, -0.2) is 0 Å². The van der Waals surface area contributed by atoms with E-state index in [9.17, 15) is 4.79 Å². The van der Waals surface area contributed by atoms with Gasteiger partial charge in [0.1, 0.15) is 0 Å². The highest BCUT2D eigenvalue weighted by atomic mass is 16.1. The summed E-state index contributed by atoms with van der Waals surface area (Å²) in [6.45, 7) is 2.64. The lowest BCUT2D eigenvalue weighted by atomic mass is 10.1. The first kappa shape index (κ1) is 12.7. The van der Waals surface area contributed by atoms with E-state index in [1.807, 2.05) is 37.3 Å². The number of amides is 1. The molecule has 0 saturated heterocycles. The van der Waals surface area contributed by atoms with Crippen LogP contribution < -0.4 is 11.1 Å². The summed E-state index contributed by atoms with van der Waals surface area (Å²) in [7, 11) is 0. The van der Waals surface area contributed by atoms with Crippen LogP contribution in [0.25, 0.3) is 0 Å². The lowest BCUT2D eigenvalue weighted by molar-refractivity contribution is -0.121. The van der Waals surface area contributed by atoms with Crippen molar-refractivity contribution in [2.45, 2.75) is 32.2 Å². The molecular formula is C13H20N2O. The van der Waals surface area contributed by atoms with Gasteiger partial charge in [0.05, 0.1) is 0 Å². The summed E-state index contributed by atoms with van der Waals surface area (Å²) in [6, 6.07) is 9.95. The normalized spacial score (nSPS) is 12.1. The Balaban J connectivity index is 2.26. The van der Waals surface area contributed by atoms with Crippen molar-refractivity contribution < 1.29 is 4.79 Å². The van der Waals surface area contributed by atoms with Crippen LogP contribution in [0.1, 0.15) is 37.8 Å². The monoisotopic (exact) mass is 220 g/mol. The van der Waals surface area contributed by atoms with E-state index in [2.05, 4.69) is 5.32 Å². The van der Waals surface area contributed by atoms with E-state index in [1.165, 1.54) is 0 Å². The lowest BCUT2D eigenvalue weighted by Gasteiger charge is -2.12. The van der Waals surface area contributed by atoms with Crippen LogP contribution in [-0.2, 0) is 4.79 Å². The van der Waals surface area contributed by atoms with Gasteiger partial charge in [-0.2, -0.15) is 0 Å². The number of carbonyl (C=O) groups excluding carboxylic acids is 1. The Morgan fingerprint density at radius 1 is 1.38 bits per heavy atom. The van der Waals surface area contributed by atoms with Crippen molar-refractivity contribution in [1.82, 2.24) is 5.32 Å². The Bertz CT molecular complexity index is 311. The summed E-state index contributed by atoms with van der Waals surface area (Å²) in [5.74, 6) is 0.114. The van der Waals surface area contributed by atoms with E-state index in [4.69, 9.17) is 5.73 Å². The fourth-order valence-corrected chi connectivity index (χ4v) is 1.55. The Labute approximate surface area is 97.0 Å². The summed E-state index contributed by atoms with van der Waals surface area (Å²) in [4.78, 5) is 11.2. The molecule has 0 aliphatic carbocycles. The Hall–Kier alpha value is -1.35. The molecule has 3 nitrogen and oxygen atoms in total. The smallest absolute Gasteiger partial charge is 0.219 e. The van der Waals surface area contributed by atoms with Crippen molar-refractivity contribution in [1.29, 1.82) is 0 Å². The molecule has 0 radical (unpaired) electrons. The number of nitrogens with two attached hydrogens (primary N) is 1. The molecule has 0 heterocycles. The lowest BCUT2D eigenvalue weighted by Crippen LogP contribution is -2.26. The average Bonchev–Trinajstić information content (AvgIpc) is 2.30. The Kier molecular flexibility index (Phi) is 5.57. The van der Waals surface area contributed by atoms with Gasteiger partial charge < -0.3 is 11.1 Å². The second-order valence-electron chi connectivity index (χ2n) is 3.91. The number of hydrogen-bond acceptors (Lipinski definition) is 2. The molecule has 88 valence electrons. The minimum atomic E-state index is 0.00289. The summed E-state index contributed by atoms with van der Waals surface area (Å²) in [5.41, 5.74) is 7.12. The third-order valence-corrected chi connectivity index (χ3v) is 2.48. The Morgan fingerprint density at radius 3 is 2.69 bits per heavy atom. The van der Waals surface area contributed by atoms with Crippen LogP contribution in [0.3, 0.4) is 0 Å². The van der Waals surface area contributed by atoms with E-state index in [0.717, 1.165) is 18.4 Å². The molecule has 3 N–H and O–H groups in total. The number of rotatable bonds is 6. The SMILES string of the molecule is CCCC(=O)NCCC(N)c1ccccc1. The van der Waals surface area contributed by atoms with Crippen LogP contribution in [-0.4, -0.2) is 12.5 Å². The molecule has 0 aromatic heterocycles. The summed E-state index contributed by atoms with van der Waals surface area (Å²) >= 11 is 0. The minimum absolute atomic E-state index is 0.00289. The van der Waals surface area contributed by atoms with Gasteiger partial charge in [-0.05, 0) is 18.4 Å². The third-order valence-electron chi connectivity index (χ3n) is 2.48. The molecule has 0 bridgehead atoms. The van der Waals surface area contributed by atoms with Crippen molar-refractivity contribution in [3.05, 3.63) is 35.9 Å². The molecule has 1 atom stereocenters. The van der Waals surface area contributed by atoms with Gasteiger partial charge in [0.25, 0.3) is 0 Å². The molecule has 0 spiro atoms. The third kappa shape index (κ3) is 4.45. The van der Waals surface area contributed by atoms with Crippen LogP contribution in [0.2, 0.25) is 0 Å². The molecule has 1 aromatic carbocycles. The van der Waals surface area contributed by atoms with Crippen molar-refractivity contribution in [3.8, 4) is 0 Å². The zero-order valence-corrected chi connectivity index (χ0v) is 9.78. The molecule has 0 fully saturated rings. The van der Waals surface area contributed by atoms with Crippen LogP contribution in [0, 0.1) is 0 Å². The van der Waals surface area contributed by atoms with E-state index in [0.29, 0.717) is 13.0 Å². The molecule has 1 aromatic rings. The van der Waals surface area contributed by atoms with Gasteiger partial charge in [-0.15, -0.1) is 0 Å². The highest BCUT2D eigenvalue weighted by Crippen LogP contribution is 2.12. The quantitative estimate of drug-likeness (QED) is 0.770. The van der Waals surface area contributed by atoms with Crippen molar-refractivity contribution in [2.75, 3.05) is 6.54 Å². The zero-order valence-electron chi connectivity index (χ0n) is 9.78. The number of carbonyl (C=O) groups is 1. The molecular weight excluding hydrogens is 200 g/mol. The summed E-state index contributed by atoms with van der Waals surface area (Å²) in [5, 5.41) is 2.87. The van der Waals surface area contributed by atoms with Gasteiger partial charge in [-0.1, -0.05) is 37.3 Å². The maximum absolute atomic E-state index is 11.2. The molecule has 0 aliphatic rings. The fourth-order valence-electron chi connectivity index (χ4n) is 1.55. The maximum atomic E-state index is 11.2. The molecule has 0 saturated carbocycles. The van der Waals surface area contributed by atoms with E-state index in [-0.39, 0.29) is 11.9 Å². The first-order valence-corrected chi connectivity index (χ1v) is 5.81. The highest BCUT2D eigenvalue weighted by Gasteiger charge is 2.05. The fraction of sp³-hybridized carbons (Fsp3) is 0.462. The van der Waals surface area contributed by atoms with Crippen molar-refractivity contribution in [2.24, 2.45) is 5.73 Å². The molecule has 1 amide bonds. The van der Waals surface area contributed by atoms with Crippen LogP contribution >= 0.6 is 0 Å². The van der Waals surface area contributed by atoms with Crippen molar-refractivity contribution in [3.63, 3.8) is 0 Å². The van der Waals surface area contributed by atoms with Gasteiger partial charge in [-0.3, -0.25) is 4.79 Å². The number of nitrogens with one attached hydrogen (secondary N) is 1. The molecule has 1 unspecified atom stereocenters. The van der Waals surface area contributed by atoms with Gasteiger partial charge in [0.2, 0.25) is 5.91 Å². The van der Waals surface area contributed by atoms with E-state index < -0.39 is 0 Å². The second-order valence-corrected chi connectivity index (χ2v) is 3.91. The van der Waals surface area contributed by atoms with Gasteiger partial charge >= 0.3 is 0 Å². The summed E-state index contributed by atoms with van der Waals surface area (Å²) in [6.07, 6.45) is 2.26. The molecule has 0 aliphatic heterocycles. The number of benzene rings is 1. The van der Waals surface area contributed by atoms with Crippen molar-refractivity contribution >= 4 is 5.91 Å². The first-order chi connectivity index (χ1) is 7.74. The predicted molar refractivity (Wildman–Crippen MR) is 65.9 cm³/mol. The topological polar surface area (TPSA) is 55.1 Å². The predicted octanol–water partition coefficient (Wildman–Crippen LogP) is 1.99. The number of hydrogen-bond donors (Lipinski definition) is 2. The van der Waals surface area contributed by atoms with Crippen LogP contribution in [0.4, 0.5) is 0 Å². The standard InChI is InChI=1S/C13H20N2O/c1-2-6-13(16)15-10-9-12(14)11-7-4-3-5-8-11/h3-5,7-8,12H,2,6,9-10,14H2,1H3,(H,15,16).